The molecule has 0 saturated carbocycles. The first-order valence-corrected chi connectivity index (χ1v) is 8.31. The minimum atomic E-state index is -3.31. The Morgan fingerprint density at radius 2 is 1.55 bits per heavy atom. The SMILES string of the molecule is Cc1cccc(CN(c2cccc(C)c2)S(C)(=O)=O)c1. The van der Waals surface area contributed by atoms with Crippen LogP contribution in [0.2, 0.25) is 0 Å². The van der Waals surface area contributed by atoms with Gasteiger partial charge in [-0.15, -0.1) is 0 Å². The van der Waals surface area contributed by atoms with Crippen molar-refractivity contribution in [1.29, 1.82) is 0 Å². The van der Waals surface area contributed by atoms with Gasteiger partial charge >= 0.3 is 0 Å². The lowest BCUT2D eigenvalue weighted by atomic mass is 10.1. The summed E-state index contributed by atoms with van der Waals surface area (Å²) >= 11 is 0. The maximum atomic E-state index is 12.1. The van der Waals surface area contributed by atoms with Gasteiger partial charge in [-0.05, 0) is 37.1 Å². The van der Waals surface area contributed by atoms with Gasteiger partial charge in [0.25, 0.3) is 0 Å². The summed E-state index contributed by atoms with van der Waals surface area (Å²) in [4.78, 5) is 0. The fraction of sp³-hybridized carbons (Fsp3) is 0.250. The fourth-order valence-electron chi connectivity index (χ4n) is 2.16. The van der Waals surface area contributed by atoms with E-state index in [0.29, 0.717) is 12.2 Å². The van der Waals surface area contributed by atoms with Crippen LogP contribution in [0.4, 0.5) is 5.69 Å². The van der Waals surface area contributed by atoms with Crippen LogP contribution in [-0.2, 0) is 16.6 Å². The second-order valence-corrected chi connectivity index (χ2v) is 7.00. The molecule has 0 atom stereocenters. The highest BCUT2D eigenvalue weighted by atomic mass is 32.2. The monoisotopic (exact) mass is 289 g/mol. The van der Waals surface area contributed by atoms with E-state index in [4.69, 9.17) is 0 Å². The molecule has 0 N–H and O–H groups in total. The highest BCUT2D eigenvalue weighted by Crippen LogP contribution is 2.21. The number of aryl methyl sites for hydroxylation is 2. The molecule has 0 amide bonds. The first kappa shape index (κ1) is 14.6. The highest BCUT2D eigenvalue weighted by molar-refractivity contribution is 7.92. The lowest BCUT2D eigenvalue weighted by Gasteiger charge is -2.23. The van der Waals surface area contributed by atoms with E-state index in [9.17, 15) is 8.42 Å². The van der Waals surface area contributed by atoms with Crippen molar-refractivity contribution in [2.45, 2.75) is 20.4 Å². The number of sulfonamides is 1. The van der Waals surface area contributed by atoms with Gasteiger partial charge in [-0.3, -0.25) is 4.31 Å². The third-order valence-corrected chi connectivity index (χ3v) is 4.24. The second kappa shape index (κ2) is 5.67. The first-order valence-electron chi connectivity index (χ1n) is 6.46. The van der Waals surface area contributed by atoms with Gasteiger partial charge in [0.15, 0.2) is 0 Å². The molecule has 4 heteroatoms. The van der Waals surface area contributed by atoms with Crippen molar-refractivity contribution in [2.75, 3.05) is 10.6 Å². The average Bonchev–Trinajstić information content (AvgIpc) is 2.34. The normalized spacial score (nSPS) is 11.3. The van der Waals surface area contributed by atoms with Crippen LogP contribution in [0.25, 0.3) is 0 Å². The molecule has 0 bridgehead atoms. The second-order valence-electron chi connectivity index (χ2n) is 5.10. The molecule has 0 radical (unpaired) electrons. The van der Waals surface area contributed by atoms with Crippen molar-refractivity contribution in [3.8, 4) is 0 Å². The molecule has 0 saturated heterocycles. The minimum Gasteiger partial charge on any atom is -0.266 e. The molecule has 0 heterocycles. The van der Waals surface area contributed by atoms with Crippen molar-refractivity contribution < 1.29 is 8.42 Å². The molecule has 20 heavy (non-hydrogen) atoms. The van der Waals surface area contributed by atoms with Crippen LogP contribution in [-0.4, -0.2) is 14.7 Å². The fourth-order valence-corrected chi connectivity index (χ4v) is 3.04. The smallest absolute Gasteiger partial charge is 0.232 e. The van der Waals surface area contributed by atoms with Gasteiger partial charge in [-0.1, -0.05) is 42.0 Å². The average molecular weight is 289 g/mol. The molecular weight excluding hydrogens is 270 g/mol. The molecule has 0 aliphatic heterocycles. The zero-order valence-electron chi connectivity index (χ0n) is 12.0. The van der Waals surface area contributed by atoms with Crippen molar-refractivity contribution in [2.24, 2.45) is 0 Å². The van der Waals surface area contributed by atoms with Crippen LogP contribution in [0.1, 0.15) is 16.7 Å². The predicted molar refractivity (Wildman–Crippen MR) is 83.4 cm³/mol. The maximum absolute atomic E-state index is 12.1. The lowest BCUT2D eigenvalue weighted by molar-refractivity contribution is 0.596. The van der Waals surface area contributed by atoms with Crippen LogP contribution < -0.4 is 4.31 Å². The van der Waals surface area contributed by atoms with Crippen LogP contribution in [0.15, 0.2) is 48.5 Å². The van der Waals surface area contributed by atoms with Crippen molar-refractivity contribution in [3.05, 3.63) is 65.2 Å². The topological polar surface area (TPSA) is 37.4 Å². The number of hydrogen-bond acceptors (Lipinski definition) is 2. The Morgan fingerprint density at radius 3 is 2.10 bits per heavy atom. The van der Waals surface area contributed by atoms with Gasteiger partial charge in [0, 0.05) is 0 Å². The maximum Gasteiger partial charge on any atom is 0.232 e. The summed E-state index contributed by atoms with van der Waals surface area (Å²) in [6, 6.07) is 15.4. The summed E-state index contributed by atoms with van der Waals surface area (Å²) in [5.74, 6) is 0. The molecule has 0 aliphatic rings. The molecule has 0 spiro atoms. The summed E-state index contributed by atoms with van der Waals surface area (Å²) in [7, 11) is -3.31. The van der Waals surface area contributed by atoms with E-state index in [1.54, 1.807) is 0 Å². The number of rotatable bonds is 4. The standard InChI is InChI=1S/C16H19NO2S/c1-13-6-4-8-15(10-13)12-17(20(3,18)19)16-9-5-7-14(2)11-16/h4-11H,12H2,1-3H3. The molecule has 2 rings (SSSR count). The number of benzene rings is 2. The largest absolute Gasteiger partial charge is 0.266 e. The zero-order chi connectivity index (χ0) is 14.8. The molecule has 0 aromatic heterocycles. The van der Waals surface area contributed by atoms with E-state index in [1.807, 2.05) is 62.4 Å². The van der Waals surface area contributed by atoms with Gasteiger partial charge in [0.2, 0.25) is 10.0 Å². The van der Waals surface area contributed by atoms with E-state index in [2.05, 4.69) is 0 Å². The van der Waals surface area contributed by atoms with Crippen LogP contribution in [0.5, 0.6) is 0 Å². The summed E-state index contributed by atoms with van der Waals surface area (Å²) < 4.78 is 25.6. The lowest BCUT2D eigenvalue weighted by Crippen LogP contribution is -2.29. The number of anilines is 1. The molecular formula is C16H19NO2S. The quantitative estimate of drug-likeness (QED) is 0.866. The Hall–Kier alpha value is -1.81. The van der Waals surface area contributed by atoms with Crippen LogP contribution in [0, 0.1) is 13.8 Å². The van der Waals surface area contributed by atoms with Crippen molar-refractivity contribution >= 4 is 15.7 Å². The van der Waals surface area contributed by atoms with Gasteiger partial charge in [-0.2, -0.15) is 0 Å². The molecule has 2 aromatic carbocycles. The Kier molecular flexibility index (Phi) is 4.14. The summed E-state index contributed by atoms with van der Waals surface area (Å²) in [5, 5.41) is 0. The van der Waals surface area contributed by atoms with Crippen molar-refractivity contribution in [1.82, 2.24) is 0 Å². The third-order valence-electron chi connectivity index (χ3n) is 3.10. The Balaban J connectivity index is 2.40. The highest BCUT2D eigenvalue weighted by Gasteiger charge is 2.17. The predicted octanol–water partition coefficient (Wildman–Crippen LogP) is 3.27. The molecule has 0 fully saturated rings. The zero-order valence-corrected chi connectivity index (χ0v) is 12.8. The van der Waals surface area contributed by atoms with E-state index < -0.39 is 10.0 Å². The van der Waals surface area contributed by atoms with Crippen LogP contribution >= 0.6 is 0 Å². The molecule has 106 valence electrons. The van der Waals surface area contributed by atoms with Crippen LogP contribution in [0.3, 0.4) is 0 Å². The third kappa shape index (κ3) is 3.61. The summed E-state index contributed by atoms with van der Waals surface area (Å²) in [5.41, 5.74) is 3.85. The van der Waals surface area contributed by atoms with Gasteiger partial charge < -0.3 is 0 Å². The van der Waals surface area contributed by atoms with E-state index in [1.165, 1.54) is 10.6 Å². The van der Waals surface area contributed by atoms with E-state index in [0.717, 1.165) is 16.7 Å². The van der Waals surface area contributed by atoms with Crippen molar-refractivity contribution in [3.63, 3.8) is 0 Å². The molecule has 2 aromatic rings. The van der Waals surface area contributed by atoms with E-state index in [-0.39, 0.29) is 0 Å². The van der Waals surface area contributed by atoms with Gasteiger partial charge in [0.1, 0.15) is 0 Å². The number of nitrogens with zero attached hydrogens (tertiary/aromatic N) is 1. The van der Waals surface area contributed by atoms with Gasteiger partial charge in [-0.25, -0.2) is 8.42 Å². The van der Waals surface area contributed by atoms with E-state index >= 15 is 0 Å². The summed E-state index contributed by atoms with van der Waals surface area (Å²) in [6.45, 7) is 4.31. The van der Waals surface area contributed by atoms with Gasteiger partial charge in [0.05, 0.1) is 18.5 Å². The Morgan fingerprint density at radius 1 is 0.950 bits per heavy atom. The summed E-state index contributed by atoms with van der Waals surface area (Å²) in [6.07, 6.45) is 1.24. The molecule has 0 aliphatic carbocycles. The Bertz CT molecular complexity index is 708. The molecule has 0 unspecified atom stereocenters. The Labute approximate surface area is 120 Å². The first-order chi connectivity index (χ1) is 9.36. The molecule has 3 nitrogen and oxygen atoms in total. The number of hydrogen-bond donors (Lipinski definition) is 0. The minimum absolute atomic E-state index is 0.351.